The number of benzene rings is 1. The van der Waals surface area contributed by atoms with Gasteiger partial charge in [0.05, 0.1) is 5.02 Å². The Bertz CT molecular complexity index is 352. The van der Waals surface area contributed by atoms with E-state index in [1.807, 2.05) is 6.07 Å². The molecule has 0 bridgehead atoms. The van der Waals surface area contributed by atoms with E-state index in [4.69, 9.17) is 11.6 Å². The van der Waals surface area contributed by atoms with E-state index in [-0.39, 0.29) is 10.8 Å². The highest BCUT2D eigenvalue weighted by Crippen LogP contribution is 2.18. The first-order valence-electron chi connectivity index (χ1n) is 6.16. The molecule has 1 nitrogen and oxygen atoms in total. The Kier molecular flexibility index (Phi) is 5.93. The predicted molar refractivity (Wildman–Crippen MR) is 72.0 cm³/mol. The van der Waals surface area contributed by atoms with Crippen LogP contribution in [0.25, 0.3) is 0 Å². The van der Waals surface area contributed by atoms with Gasteiger partial charge < -0.3 is 5.32 Å². The third kappa shape index (κ3) is 5.51. The van der Waals surface area contributed by atoms with Crippen molar-refractivity contribution in [3.63, 3.8) is 0 Å². The molecule has 0 heterocycles. The fourth-order valence-corrected chi connectivity index (χ4v) is 1.91. The van der Waals surface area contributed by atoms with E-state index in [1.165, 1.54) is 6.07 Å². The molecule has 17 heavy (non-hydrogen) atoms. The van der Waals surface area contributed by atoms with Gasteiger partial charge in [0.1, 0.15) is 5.82 Å². The molecule has 0 fully saturated rings. The largest absolute Gasteiger partial charge is 0.315 e. The van der Waals surface area contributed by atoms with Crippen LogP contribution in [0.1, 0.15) is 32.8 Å². The highest BCUT2D eigenvalue weighted by Gasteiger charge is 2.06. The second kappa shape index (κ2) is 6.97. The van der Waals surface area contributed by atoms with Gasteiger partial charge in [-0.25, -0.2) is 4.39 Å². The molecule has 96 valence electrons. The number of hydrogen-bond donors (Lipinski definition) is 1. The first-order chi connectivity index (χ1) is 7.99. The van der Waals surface area contributed by atoms with Gasteiger partial charge in [-0.05, 0) is 43.0 Å². The van der Waals surface area contributed by atoms with Gasteiger partial charge in [0.25, 0.3) is 0 Å². The van der Waals surface area contributed by atoms with Crippen LogP contribution in [0.4, 0.5) is 4.39 Å². The number of rotatable bonds is 6. The van der Waals surface area contributed by atoms with Crippen molar-refractivity contribution < 1.29 is 4.39 Å². The second-order valence-corrected chi connectivity index (χ2v) is 5.36. The standard InChI is InChI=1S/C14H21ClFN/c1-10(2)17-7-6-11(3)8-12-4-5-13(15)14(16)9-12/h4-5,9-11,17H,6-8H2,1-3H3. The zero-order valence-electron chi connectivity index (χ0n) is 10.8. The minimum Gasteiger partial charge on any atom is -0.315 e. The normalized spacial score (nSPS) is 13.1. The van der Waals surface area contributed by atoms with Gasteiger partial charge in [-0.3, -0.25) is 0 Å². The number of nitrogens with one attached hydrogen (secondary N) is 1. The lowest BCUT2D eigenvalue weighted by Gasteiger charge is -2.14. The molecule has 0 aliphatic carbocycles. The smallest absolute Gasteiger partial charge is 0.142 e. The summed E-state index contributed by atoms with van der Waals surface area (Å²) in [7, 11) is 0. The maximum atomic E-state index is 13.2. The Hall–Kier alpha value is -0.600. The molecule has 0 spiro atoms. The lowest BCUT2D eigenvalue weighted by molar-refractivity contribution is 0.475. The monoisotopic (exact) mass is 257 g/mol. The Morgan fingerprint density at radius 1 is 1.29 bits per heavy atom. The Labute approximate surface area is 108 Å². The summed E-state index contributed by atoms with van der Waals surface area (Å²) in [4.78, 5) is 0. The van der Waals surface area contributed by atoms with Crippen LogP contribution < -0.4 is 5.32 Å². The molecule has 0 saturated carbocycles. The summed E-state index contributed by atoms with van der Waals surface area (Å²) < 4.78 is 13.2. The van der Waals surface area contributed by atoms with Crippen LogP contribution in [0.15, 0.2) is 18.2 Å². The van der Waals surface area contributed by atoms with E-state index in [0.29, 0.717) is 12.0 Å². The van der Waals surface area contributed by atoms with E-state index in [2.05, 4.69) is 26.1 Å². The summed E-state index contributed by atoms with van der Waals surface area (Å²) in [5.74, 6) is 0.221. The molecule has 1 aromatic carbocycles. The van der Waals surface area contributed by atoms with Crippen molar-refractivity contribution in [3.05, 3.63) is 34.6 Å². The molecular weight excluding hydrogens is 237 g/mol. The average Bonchev–Trinajstić information content (AvgIpc) is 2.23. The van der Waals surface area contributed by atoms with Crippen LogP contribution >= 0.6 is 11.6 Å². The van der Waals surface area contributed by atoms with Crippen molar-refractivity contribution in [2.24, 2.45) is 5.92 Å². The van der Waals surface area contributed by atoms with Crippen molar-refractivity contribution in [1.29, 1.82) is 0 Å². The van der Waals surface area contributed by atoms with E-state index < -0.39 is 0 Å². The molecule has 3 heteroatoms. The molecule has 0 amide bonds. The van der Waals surface area contributed by atoms with Crippen LogP contribution in [-0.4, -0.2) is 12.6 Å². The van der Waals surface area contributed by atoms with Gasteiger partial charge in [0.15, 0.2) is 0 Å². The summed E-state index contributed by atoms with van der Waals surface area (Å²) in [6.07, 6.45) is 2.00. The Balaban J connectivity index is 2.39. The van der Waals surface area contributed by atoms with Crippen LogP contribution in [0, 0.1) is 11.7 Å². The summed E-state index contributed by atoms with van der Waals surface area (Å²) in [6, 6.07) is 5.59. The summed E-state index contributed by atoms with van der Waals surface area (Å²) in [6.45, 7) is 7.47. The third-order valence-corrected chi connectivity index (χ3v) is 3.06. The molecule has 1 N–H and O–H groups in total. The SMILES string of the molecule is CC(CCNC(C)C)Cc1ccc(Cl)c(F)c1. The van der Waals surface area contributed by atoms with Gasteiger partial charge in [-0.2, -0.15) is 0 Å². The fourth-order valence-electron chi connectivity index (χ4n) is 1.79. The van der Waals surface area contributed by atoms with Gasteiger partial charge in [-0.1, -0.05) is 38.4 Å². The zero-order chi connectivity index (χ0) is 12.8. The van der Waals surface area contributed by atoms with Crippen LogP contribution in [0.5, 0.6) is 0 Å². The van der Waals surface area contributed by atoms with Crippen molar-refractivity contribution in [2.45, 2.75) is 39.7 Å². The fraction of sp³-hybridized carbons (Fsp3) is 0.571. The molecule has 0 aromatic heterocycles. The van der Waals surface area contributed by atoms with E-state index in [9.17, 15) is 4.39 Å². The van der Waals surface area contributed by atoms with E-state index in [0.717, 1.165) is 24.9 Å². The second-order valence-electron chi connectivity index (χ2n) is 4.96. The molecule has 1 rings (SSSR count). The zero-order valence-corrected chi connectivity index (χ0v) is 11.5. The van der Waals surface area contributed by atoms with Crippen molar-refractivity contribution >= 4 is 11.6 Å². The minimum absolute atomic E-state index is 0.197. The number of hydrogen-bond acceptors (Lipinski definition) is 1. The van der Waals surface area contributed by atoms with Crippen LogP contribution in [0.2, 0.25) is 5.02 Å². The molecule has 1 aromatic rings. The molecule has 0 saturated heterocycles. The Morgan fingerprint density at radius 3 is 2.59 bits per heavy atom. The lowest BCUT2D eigenvalue weighted by Crippen LogP contribution is -2.25. The van der Waals surface area contributed by atoms with E-state index in [1.54, 1.807) is 6.07 Å². The van der Waals surface area contributed by atoms with Gasteiger partial charge in [0.2, 0.25) is 0 Å². The molecule has 1 atom stereocenters. The first-order valence-corrected chi connectivity index (χ1v) is 6.54. The quantitative estimate of drug-likeness (QED) is 0.811. The summed E-state index contributed by atoms with van der Waals surface area (Å²) >= 11 is 5.65. The minimum atomic E-state index is -0.323. The highest BCUT2D eigenvalue weighted by atomic mass is 35.5. The van der Waals surface area contributed by atoms with E-state index >= 15 is 0 Å². The average molecular weight is 258 g/mol. The molecule has 0 aliphatic rings. The summed E-state index contributed by atoms with van der Waals surface area (Å²) in [5.41, 5.74) is 1.02. The first kappa shape index (κ1) is 14.5. The topological polar surface area (TPSA) is 12.0 Å². The molecule has 0 radical (unpaired) electrons. The highest BCUT2D eigenvalue weighted by molar-refractivity contribution is 6.30. The maximum Gasteiger partial charge on any atom is 0.142 e. The van der Waals surface area contributed by atoms with Crippen molar-refractivity contribution in [3.8, 4) is 0 Å². The molecule has 1 unspecified atom stereocenters. The Morgan fingerprint density at radius 2 is 2.00 bits per heavy atom. The van der Waals surface area contributed by atoms with Crippen molar-refractivity contribution in [2.75, 3.05) is 6.54 Å². The summed E-state index contributed by atoms with van der Waals surface area (Å²) in [5, 5.41) is 3.58. The maximum absolute atomic E-state index is 13.2. The van der Waals surface area contributed by atoms with Gasteiger partial charge >= 0.3 is 0 Å². The number of halogens is 2. The molecule has 0 aliphatic heterocycles. The lowest BCUT2D eigenvalue weighted by atomic mass is 9.98. The molecular formula is C14H21ClFN. The van der Waals surface area contributed by atoms with Crippen LogP contribution in [-0.2, 0) is 6.42 Å². The van der Waals surface area contributed by atoms with Crippen molar-refractivity contribution in [1.82, 2.24) is 5.32 Å². The third-order valence-electron chi connectivity index (χ3n) is 2.76. The van der Waals surface area contributed by atoms with Gasteiger partial charge in [0, 0.05) is 6.04 Å². The van der Waals surface area contributed by atoms with Crippen LogP contribution in [0.3, 0.4) is 0 Å². The predicted octanol–water partition coefficient (Wildman–Crippen LogP) is 4.05. The van der Waals surface area contributed by atoms with Gasteiger partial charge in [-0.15, -0.1) is 0 Å².